The maximum absolute atomic E-state index is 12.6. The fourth-order valence-corrected chi connectivity index (χ4v) is 4.00. The van der Waals surface area contributed by atoms with Crippen molar-refractivity contribution in [3.8, 4) is 0 Å². The van der Waals surface area contributed by atoms with E-state index in [9.17, 15) is 8.42 Å². The van der Waals surface area contributed by atoms with Crippen LogP contribution in [-0.4, -0.2) is 31.7 Å². The molecule has 0 spiro atoms. The molecule has 0 aliphatic carbocycles. The van der Waals surface area contributed by atoms with Gasteiger partial charge in [-0.2, -0.15) is 4.31 Å². The first-order chi connectivity index (χ1) is 8.93. The summed E-state index contributed by atoms with van der Waals surface area (Å²) in [7, 11) is -3.43. The number of alkyl halides is 1. The second kappa shape index (κ2) is 7.27. The molecule has 5 heteroatoms. The van der Waals surface area contributed by atoms with Gasteiger partial charge in [0.25, 0.3) is 0 Å². The number of benzene rings is 1. The van der Waals surface area contributed by atoms with E-state index in [1.165, 1.54) is 4.31 Å². The zero-order valence-electron chi connectivity index (χ0n) is 11.8. The summed E-state index contributed by atoms with van der Waals surface area (Å²) >= 11 is 5.73. The average Bonchev–Trinajstić information content (AvgIpc) is 2.33. The summed E-state index contributed by atoms with van der Waals surface area (Å²) in [5, 5.41) is 0. The predicted octanol–water partition coefficient (Wildman–Crippen LogP) is 3.33. The van der Waals surface area contributed by atoms with Crippen LogP contribution in [0.2, 0.25) is 0 Å². The van der Waals surface area contributed by atoms with Crippen molar-refractivity contribution in [3.63, 3.8) is 0 Å². The van der Waals surface area contributed by atoms with Gasteiger partial charge in [-0.15, -0.1) is 11.6 Å². The van der Waals surface area contributed by atoms with Crippen molar-refractivity contribution in [3.05, 3.63) is 29.3 Å². The number of sulfonamides is 1. The van der Waals surface area contributed by atoms with E-state index in [0.29, 0.717) is 23.9 Å². The van der Waals surface area contributed by atoms with Gasteiger partial charge in [0.05, 0.1) is 4.90 Å². The molecule has 1 rings (SSSR count). The minimum atomic E-state index is -3.43. The Bertz CT molecular complexity index is 514. The molecule has 0 N–H and O–H groups in total. The van der Waals surface area contributed by atoms with Gasteiger partial charge in [-0.25, -0.2) is 8.42 Å². The van der Waals surface area contributed by atoms with E-state index in [1.54, 1.807) is 6.07 Å². The Hall–Kier alpha value is -0.580. The van der Waals surface area contributed by atoms with Crippen LogP contribution in [0.5, 0.6) is 0 Å². The molecule has 0 radical (unpaired) electrons. The van der Waals surface area contributed by atoms with Crippen molar-refractivity contribution in [1.29, 1.82) is 0 Å². The molecule has 0 aliphatic rings. The Morgan fingerprint density at radius 1 is 1.21 bits per heavy atom. The first-order valence-electron chi connectivity index (χ1n) is 6.56. The van der Waals surface area contributed by atoms with E-state index in [-0.39, 0.29) is 0 Å². The van der Waals surface area contributed by atoms with Gasteiger partial charge in [-0.1, -0.05) is 31.0 Å². The molecule has 1 aromatic rings. The number of halogens is 1. The normalized spacial score (nSPS) is 12.1. The molecule has 0 unspecified atom stereocenters. The summed E-state index contributed by atoms with van der Waals surface area (Å²) in [6.07, 6.45) is 1.81. The van der Waals surface area contributed by atoms with Crippen molar-refractivity contribution in [2.75, 3.05) is 19.0 Å². The Balaban J connectivity index is 3.11. The van der Waals surface area contributed by atoms with Gasteiger partial charge < -0.3 is 0 Å². The van der Waals surface area contributed by atoms with Crippen LogP contribution in [-0.2, 0) is 10.0 Å². The lowest BCUT2D eigenvalue weighted by Gasteiger charge is -2.22. The number of nitrogens with zero attached hydrogens (tertiary/aromatic N) is 1. The van der Waals surface area contributed by atoms with E-state index < -0.39 is 10.0 Å². The van der Waals surface area contributed by atoms with Crippen molar-refractivity contribution >= 4 is 21.6 Å². The molecular weight excluding hydrogens is 282 g/mol. The minimum Gasteiger partial charge on any atom is -0.207 e. The fraction of sp³-hybridized carbons (Fsp3) is 0.571. The first kappa shape index (κ1) is 16.5. The molecule has 0 fully saturated rings. The Kier molecular flexibility index (Phi) is 6.30. The van der Waals surface area contributed by atoms with Gasteiger partial charge >= 0.3 is 0 Å². The summed E-state index contributed by atoms with van der Waals surface area (Å²) in [6, 6.07) is 5.41. The molecule has 0 aromatic heterocycles. The largest absolute Gasteiger partial charge is 0.243 e. The van der Waals surface area contributed by atoms with Gasteiger partial charge in [-0.05, 0) is 31.9 Å². The van der Waals surface area contributed by atoms with Crippen molar-refractivity contribution in [1.82, 2.24) is 4.31 Å². The molecule has 3 nitrogen and oxygen atoms in total. The van der Waals surface area contributed by atoms with Gasteiger partial charge in [0.15, 0.2) is 0 Å². The summed E-state index contributed by atoms with van der Waals surface area (Å²) < 4.78 is 26.7. The van der Waals surface area contributed by atoms with E-state index in [1.807, 2.05) is 32.9 Å². The zero-order chi connectivity index (χ0) is 14.5. The van der Waals surface area contributed by atoms with Crippen LogP contribution in [0.4, 0.5) is 0 Å². The summed E-state index contributed by atoms with van der Waals surface area (Å²) in [6.45, 7) is 6.72. The average molecular weight is 304 g/mol. The lowest BCUT2D eigenvalue weighted by molar-refractivity contribution is 0.420. The lowest BCUT2D eigenvalue weighted by atomic mass is 10.2. The van der Waals surface area contributed by atoms with E-state index >= 15 is 0 Å². The van der Waals surface area contributed by atoms with Crippen LogP contribution in [0.3, 0.4) is 0 Å². The van der Waals surface area contributed by atoms with Gasteiger partial charge in [0, 0.05) is 19.0 Å². The summed E-state index contributed by atoms with van der Waals surface area (Å²) in [4.78, 5) is 0.388. The molecule has 0 aliphatic heterocycles. The maximum atomic E-state index is 12.6. The molecule has 0 amide bonds. The predicted molar refractivity (Wildman–Crippen MR) is 80.3 cm³/mol. The van der Waals surface area contributed by atoms with E-state index in [4.69, 9.17) is 11.6 Å². The molecule has 108 valence electrons. The van der Waals surface area contributed by atoms with Crippen LogP contribution < -0.4 is 0 Å². The second-order valence-corrected chi connectivity index (χ2v) is 7.00. The van der Waals surface area contributed by atoms with E-state index in [2.05, 4.69) is 0 Å². The highest BCUT2D eigenvalue weighted by Crippen LogP contribution is 2.21. The smallest absolute Gasteiger partial charge is 0.207 e. The Morgan fingerprint density at radius 3 is 2.42 bits per heavy atom. The monoisotopic (exact) mass is 303 g/mol. The van der Waals surface area contributed by atoms with Crippen LogP contribution >= 0.6 is 11.6 Å². The Labute approximate surface area is 121 Å². The third kappa shape index (κ3) is 4.20. The van der Waals surface area contributed by atoms with E-state index in [0.717, 1.165) is 24.0 Å². The molecule has 0 bridgehead atoms. The number of hydrogen-bond donors (Lipinski definition) is 0. The highest BCUT2D eigenvalue weighted by molar-refractivity contribution is 7.89. The second-order valence-electron chi connectivity index (χ2n) is 4.72. The standard InChI is InChI=1S/C14H22ClNO2S/c1-4-5-9-16(10-8-15)19(17,18)14-7-6-12(2)11-13(14)3/h6-7,11H,4-5,8-10H2,1-3H3. The van der Waals surface area contributed by atoms with Crippen LogP contribution in [0.25, 0.3) is 0 Å². The minimum absolute atomic E-state index is 0.313. The summed E-state index contributed by atoms with van der Waals surface area (Å²) in [5.74, 6) is 0.313. The Morgan fingerprint density at radius 2 is 1.89 bits per heavy atom. The molecule has 0 heterocycles. The molecule has 19 heavy (non-hydrogen) atoms. The third-order valence-electron chi connectivity index (χ3n) is 3.04. The van der Waals surface area contributed by atoms with Crippen LogP contribution in [0.1, 0.15) is 30.9 Å². The highest BCUT2D eigenvalue weighted by Gasteiger charge is 2.24. The molecule has 0 saturated carbocycles. The van der Waals surface area contributed by atoms with Crippen LogP contribution in [0, 0.1) is 13.8 Å². The van der Waals surface area contributed by atoms with Gasteiger partial charge in [-0.3, -0.25) is 0 Å². The molecular formula is C14H22ClNO2S. The third-order valence-corrected chi connectivity index (χ3v) is 5.27. The molecule has 0 saturated heterocycles. The number of rotatable bonds is 7. The SMILES string of the molecule is CCCCN(CCCl)S(=O)(=O)c1ccc(C)cc1C. The highest BCUT2D eigenvalue weighted by atomic mass is 35.5. The first-order valence-corrected chi connectivity index (χ1v) is 8.54. The summed E-state index contributed by atoms with van der Waals surface area (Å²) in [5.41, 5.74) is 1.85. The molecule has 0 atom stereocenters. The van der Waals surface area contributed by atoms with Gasteiger partial charge in [0.2, 0.25) is 10.0 Å². The van der Waals surface area contributed by atoms with Crippen molar-refractivity contribution in [2.24, 2.45) is 0 Å². The molecule has 1 aromatic carbocycles. The van der Waals surface area contributed by atoms with Crippen LogP contribution in [0.15, 0.2) is 23.1 Å². The maximum Gasteiger partial charge on any atom is 0.243 e. The lowest BCUT2D eigenvalue weighted by Crippen LogP contribution is -2.34. The number of hydrogen-bond acceptors (Lipinski definition) is 2. The zero-order valence-corrected chi connectivity index (χ0v) is 13.4. The fourth-order valence-electron chi connectivity index (χ4n) is 2.01. The number of aryl methyl sites for hydroxylation is 2. The van der Waals surface area contributed by atoms with Crippen molar-refractivity contribution < 1.29 is 8.42 Å². The van der Waals surface area contributed by atoms with Crippen molar-refractivity contribution in [2.45, 2.75) is 38.5 Å². The quantitative estimate of drug-likeness (QED) is 0.725. The van der Waals surface area contributed by atoms with Gasteiger partial charge in [0.1, 0.15) is 0 Å². The number of unbranched alkanes of at least 4 members (excludes halogenated alkanes) is 1. The topological polar surface area (TPSA) is 37.4 Å².